The van der Waals surface area contributed by atoms with Crippen LogP contribution in [-0.4, -0.2) is 59.9 Å². The van der Waals surface area contributed by atoms with Crippen LogP contribution in [0.2, 0.25) is 0 Å². The first kappa shape index (κ1) is 25.9. The molecule has 9 nitrogen and oxygen atoms in total. The molecule has 0 aliphatic carbocycles. The van der Waals surface area contributed by atoms with E-state index in [0.717, 1.165) is 0 Å². The van der Waals surface area contributed by atoms with Crippen molar-refractivity contribution in [2.75, 3.05) is 33.4 Å². The summed E-state index contributed by atoms with van der Waals surface area (Å²) in [7, 11) is -2.28. The van der Waals surface area contributed by atoms with Crippen LogP contribution in [0.3, 0.4) is 0 Å². The first-order valence-electron chi connectivity index (χ1n) is 9.91. The average Bonchev–Trinajstić information content (AvgIpc) is 2.66. The van der Waals surface area contributed by atoms with Gasteiger partial charge in [-0.05, 0) is 43.9 Å². The number of hydrogen-bond acceptors (Lipinski definition) is 6. The Kier molecular flexibility index (Phi) is 10.8. The number of alkyl carbamates (subject to hydrolysis) is 1. The van der Waals surface area contributed by atoms with Crippen LogP contribution in [0, 0.1) is 12.8 Å². The first-order valence-corrected chi connectivity index (χ1v) is 11.4. The van der Waals surface area contributed by atoms with Crippen molar-refractivity contribution in [3.05, 3.63) is 29.3 Å². The van der Waals surface area contributed by atoms with Crippen molar-refractivity contribution in [3.8, 4) is 0 Å². The summed E-state index contributed by atoms with van der Waals surface area (Å²) in [6, 6.07) is 4.07. The third-order valence-corrected chi connectivity index (χ3v) is 5.68. The van der Waals surface area contributed by atoms with Crippen molar-refractivity contribution in [3.63, 3.8) is 0 Å². The second kappa shape index (κ2) is 12.5. The van der Waals surface area contributed by atoms with Gasteiger partial charge < -0.3 is 20.1 Å². The third kappa shape index (κ3) is 8.68. The van der Waals surface area contributed by atoms with E-state index in [0.29, 0.717) is 17.9 Å². The smallest absolute Gasteiger partial charge is 0.407 e. The third-order valence-electron chi connectivity index (χ3n) is 4.22. The Morgan fingerprint density at radius 2 is 1.90 bits per heavy atom. The number of benzene rings is 1. The minimum atomic E-state index is -3.76. The molecule has 1 atom stereocenters. The van der Waals surface area contributed by atoms with Crippen molar-refractivity contribution >= 4 is 22.0 Å². The summed E-state index contributed by atoms with van der Waals surface area (Å²) in [5.41, 5.74) is 0.895. The summed E-state index contributed by atoms with van der Waals surface area (Å²) in [4.78, 5) is 24.5. The molecule has 1 aromatic carbocycles. The van der Waals surface area contributed by atoms with E-state index in [-0.39, 0.29) is 42.8 Å². The quantitative estimate of drug-likeness (QED) is 0.424. The number of sulfonamides is 1. The van der Waals surface area contributed by atoms with Crippen LogP contribution in [0.4, 0.5) is 4.79 Å². The molecule has 0 saturated heterocycles. The summed E-state index contributed by atoms with van der Waals surface area (Å²) >= 11 is 0. The predicted molar refractivity (Wildman–Crippen MR) is 114 cm³/mol. The zero-order valence-corrected chi connectivity index (χ0v) is 19.1. The number of amides is 2. The van der Waals surface area contributed by atoms with Gasteiger partial charge in [-0.3, -0.25) is 4.79 Å². The van der Waals surface area contributed by atoms with Crippen LogP contribution in [0.15, 0.2) is 23.1 Å². The number of nitrogens with one attached hydrogen (secondary N) is 3. The fourth-order valence-electron chi connectivity index (χ4n) is 2.79. The molecule has 0 spiro atoms. The van der Waals surface area contributed by atoms with Gasteiger partial charge in [0.2, 0.25) is 10.0 Å². The molecule has 0 aliphatic heterocycles. The monoisotopic (exact) mass is 443 g/mol. The number of methoxy groups -OCH3 is 1. The molecule has 170 valence electrons. The van der Waals surface area contributed by atoms with Gasteiger partial charge in [-0.1, -0.05) is 19.9 Å². The highest BCUT2D eigenvalue weighted by molar-refractivity contribution is 7.89. The zero-order chi connectivity index (χ0) is 22.7. The molecule has 0 saturated carbocycles. The second-order valence-electron chi connectivity index (χ2n) is 7.27. The van der Waals surface area contributed by atoms with Crippen molar-refractivity contribution in [1.29, 1.82) is 0 Å². The molecule has 1 unspecified atom stereocenters. The van der Waals surface area contributed by atoms with Crippen LogP contribution in [0.5, 0.6) is 0 Å². The highest BCUT2D eigenvalue weighted by atomic mass is 32.2. The molecule has 0 radical (unpaired) electrons. The number of hydrogen-bond donors (Lipinski definition) is 3. The molecule has 0 aromatic heterocycles. The van der Waals surface area contributed by atoms with Gasteiger partial charge in [-0.2, -0.15) is 0 Å². The Morgan fingerprint density at radius 3 is 2.50 bits per heavy atom. The maximum absolute atomic E-state index is 12.7. The van der Waals surface area contributed by atoms with Gasteiger partial charge in [0.05, 0.1) is 18.1 Å². The normalized spacial score (nSPS) is 12.5. The molecule has 10 heteroatoms. The number of aryl methyl sites for hydroxylation is 1. The molecule has 0 heterocycles. The van der Waals surface area contributed by atoms with E-state index < -0.39 is 22.0 Å². The highest BCUT2D eigenvalue weighted by Crippen LogP contribution is 2.16. The van der Waals surface area contributed by atoms with Gasteiger partial charge in [0.1, 0.15) is 0 Å². The van der Waals surface area contributed by atoms with E-state index in [1.54, 1.807) is 19.9 Å². The molecule has 0 bridgehead atoms. The molecule has 2 amide bonds. The first-order chi connectivity index (χ1) is 14.1. The van der Waals surface area contributed by atoms with Crippen LogP contribution in [0.1, 0.15) is 43.1 Å². The number of carbonyl (C=O) groups is 2. The Labute approximate surface area is 179 Å². The maximum atomic E-state index is 12.7. The maximum Gasteiger partial charge on any atom is 0.407 e. The summed E-state index contributed by atoms with van der Waals surface area (Å²) in [5.74, 6) is -0.122. The van der Waals surface area contributed by atoms with Gasteiger partial charge in [-0.25, -0.2) is 17.9 Å². The summed E-state index contributed by atoms with van der Waals surface area (Å²) in [6.07, 6.45) is 0.111. The van der Waals surface area contributed by atoms with E-state index in [4.69, 9.17) is 9.47 Å². The molecule has 30 heavy (non-hydrogen) atoms. The van der Waals surface area contributed by atoms with E-state index in [1.165, 1.54) is 19.2 Å². The fraction of sp³-hybridized carbons (Fsp3) is 0.600. The topological polar surface area (TPSA) is 123 Å². The Balaban J connectivity index is 2.89. The van der Waals surface area contributed by atoms with E-state index in [2.05, 4.69) is 15.4 Å². The SMILES string of the molecule is CCOC(=O)NC(CNC(=O)c1cc(S(=O)(=O)NCCOC)ccc1C)CC(C)C. The summed E-state index contributed by atoms with van der Waals surface area (Å²) in [6.45, 7) is 8.28. The van der Waals surface area contributed by atoms with Gasteiger partial charge in [0.15, 0.2) is 0 Å². The minimum Gasteiger partial charge on any atom is -0.450 e. The Hall–Kier alpha value is -2.17. The second-order valence-corrected chi connectivity index (χ2v) is 9.04. The molecular weight excluding hydrogens is 410 g/mol. The van der Waals surface area contributed by atoms with Crippen molar-refractivity contribution in [1.82, 2.24) is 15.4 Å². The summed E-state index contributed by atoms with van der Waals surface area (Å²) < 4.78 is 37.0. The molecule has 0 aliphatic rings. The molecule has 0 fully saturated rings. The molecule has 1 rings (SSSR count). The summed E-state index contributed by atoms with van der Waals surface area (Å²) in [5, 5.41) is 5.52. The van der Waals surface area contributed by atoms with E-state index in [1.807, 2.05) is 13.8 Å². The van der Waals surface area contributed by atoms with E-state index in [9.17, 15) is 18.0 Å². The lowest BCUT2D eigenvalue weighted by molar-refractivity contribution is 0.0943. The van der Waals surface area contributed by atoms with Crippen LogP contribution >= 0.6 is 0 Å². The highest BCUT2D eigenvalue weighted by Gasteiger charge is 2.20. The lowest BCUT2D eigenvalue weighted by Gasteiger charge is -2.21. The number of ether oxygens (including phenoxy) is 2. The lowest BCUT2D eigenvalue weighted by Crippen LogP contribution is -2.44. The Bertz CT molecular complexity index is 811. The molecule has 1 aromatic rings. The molecule has 3 N–H and O–H groups in total. The number of rotatable bonds is 12. The molecular formula is C20H33N3O6S. The predicted octanol–water partition coefficient (Wildman–Crippen LogP) is 1.81. The largest absolute Gasteiger partial charge is 0.450 e. The van der Waals surface area contributed by atoms with Crippen molar-refractivity contribution in [2.24, 2.45) is 5.92 Å². The van der Waals surface area contributed by atoms with Gasteiger partial charge >= 0.3 is 6.09 Å². The standard InChI is InChI=1S/C20H33N3O6S/c1-6-29-20(25)23-16(11-14(2)3)13-21-19(24)18-12-17(8-7-15(18)4)30(26,27)22-9-10-28-5/h7-8,12,14,16,22H,6,9-11,13H2,1-5H3,(H,21,24)(H,23,25). The van der Waals surface area contributed by atoms with Gasteiger partial charge in [-0.15, -0.1) is 0 Å². The fourth-order valence-corrected chi connectivity index (χ4v) is 3.83. The minimum absolute atomic E-state index is 0.00210. The van der Waals surface area contributed by atoms with Crippen molar-refractivity contribution in [2.45, 2.75) is 45.1 Å². The lowest BCUT2D eigenvalue weighted by atomic mass is 10.0. The Morgan fingerprint density at radius 1 is 1.20 bits per heavy atom. The van der Waals surface area contributed by atoms with Crippen molar-refractivity contribution < 1.29 is 27.5 Å². The van der Waals surface area contributed by atoms with Crippen LogP contribution < -0.4 is 15.4 Å². The van der Waals surface area contributed by atoms with Crippen LogP contribution in [-0.2, 0) is 19.5 Å². The van der Waals surface area contributed by atoms with E-state index >= 15 is 0 Å². The number of carbonyl (C=O) groups excluding carboxylic acids is 2. The van der Waals surface area contributed by atoms with Gasteiger partial charge in [0, 0.05) is 31.8 Å². The van der Waals surface area contributed by atoms with Crippen LogP contribution in [0.25, 0.3) is 0 Å². The van der Waals surface area contributed by atoms with Gasteiger partial charge in [0.25, 0.3) is 5.91 Å². The zero-order valence-electron chi connectivity index (χ0n) is 18.3. The average molecular weight is 444 g/mol.